The van der Waals surface area contributed by atoms with E-state index >= 15 is 0 Å². The van der Waals surface area contributed by atoms with E-state index in [-0.39, 0.29) is 19.1 Å². The number of amides is 2. The van der Waals surface area contributed by atoms with E-state index in [1.165, 1.54) is 32.4 Å². The molecule has 0 bridgehead atoms. The molecular weight excluding hydrogens is 676 g/mol. The van der Waals surface area contributed by atoms with Gasteiger partial charge in [0.05, 0.1) is 19.4 Å². The standard InChI is InChI=1S/C42H62N2O9/c1-4-6-8-11-17-22-34(45)23-18-12-9-10-13-19-24-36(42(51,41(49)50)31-38(46)43-33-20-15-14-16-21-33)39(47)44-37(40(48)52-3)30-32-25-27-35(28-26-32)53-29-7-5-2/h19,24-28,33,36-37,51H,4,6,8-18,20-23,29-31H2,1-3H3,(H,43,46)(H,44,47)(H,49,50)/t36-,37+,42+/m1/s1. The zero-order valence-electron chi connectivity index (χ0n) is 32.1. The molecule has 0 saturated heterocycles. The van der Waals surface area contributed by atoms with E-state index in [4.69, 9.17) is 9.47 Å². The van der Waals surface area contributed by atoms with Crippen molar-refractivity contribution in [3.8, 4) is 17.6 Å². The number of carbonyl (C=O) groups excluding carboxylic acids is 4. The lowest BCUT2D eigenvalue weighted by atomic mass is 9.82. The molecule has 4 N–H and O–H groups in total. The third-order valence-corrected chi connectivity index (χ3v) is 9.68. The number of ketones is 1. The third-order valence-electron chi connectivity index (χ3n) is 9.68. The summed E-state index contributed by atoms with van der Waals surface area (Å²) in [5.41, 5.74) is -2.13. The summed E-state index contributed by atoms with van der Waals surface area (Å²) in [6.45, 7) is 4.10. The maximum absolute atomic E-state index is 13.9. The van der Waals surface area contributed by atoms with Gasteiger partial charge >= 0.3 is 11.9 Å². The number of allylic oxidation sites excluding steroid dienone is 1. The minimum absolute atomic E-state index is 0.0128. The lowest BCUT2D eigenvalue weighted by Gasteiger charge is -2.31. The molecule has 2 rings (SSSR count). The van der Waals surface area contributed by atoms with Crippen LogP contribution in [0.3, 0.4) is 0 Å². The molecule has 0 heterocycles. The number of ether oxygens (including phenoxy) is 2. The normalized spacial score (nSPS) is 15.3. The van der Waals surface area contributed by atoms with Crippen molar-refractivity contribution in [3.63, 3.8) is 0 Å². The van der Waals surface area contributed by atoms with Gasteiger partial charge in [0.1, 0.15) is 24.2 Å². The fourth-order valence-electron chi connectivity index (χ4n) is 6.52. The minimum atomic E-state index is -2.79. The van der Waals surface area contributed by atoms with Gasteiger partial charge in [-0.2, -0.15) is 0 Å². The lowest BCUT2D eigenvalue weighted by Crippen LogP contribution is -2.56. The van der Waals surface area contributed by atoms with E-state index < -0.39 is 47.7 Å². The number of carboxylic acids is 1. The van der Waals surface area contributed by atoms with Crippen molar-refractivity contribution >= 4 is 29.5 Å². The largest absolute Gasteiger partial charge is 0.481 e. The van der Waals surface area contributed by atoms with E-state index in [0.717, 1.165) is 70.6 Å². The number of hydrogen-bond acceptors (Lipinski definition) is 8. The van der Waals surface area contributed by atoms with Crippen LogP contribution in [0.1, 0.15) is 135 Å². The van der Waals surface area contributed by atoms with Gasteiger partial charge in [-0.25, -0.2) is 9.59 Å². The number of nitrogens with one attached hydrogen (secondary N) is 2. The van der Waals surface area contributed by atoms with Crippen LogP contribution < -0.4 is 15.4 Å². The zero-order chi connectivity index (χ0) is 38.9. The van der Waals surface area contributed by atoms with E-state index in [1.54, 1.807) is 37.3 Å². The van der Waals surface area contributed by atoms with Crippen molar-refractivity contribution in [2.24, 2.45) is 5.92 Å². The van der Waals surface area contributed by atoms with Crippen LogP contribution >= 0.6 is 0 Å². The first-order chi connectivity index (χ1) is 25.5. The average molecular weight is 739 g/mol. The predicted molar refractivity (Wildman–Crippen MR) is 204 cm³/mol. The second kappa shape index (κ2) is 25.7. The average Bonchev–Trinajstić information content (AvgIpc) is 3.14. The second-order valence-electron chi connectivity index (χ2n) is 14.0. The summed E-state index contributed by atoms with van der Waals surface area (Å²) in [5, 5.41) is 27.3. The third kappa shape index (κ3) is 17.5. The van der Waals surface area contributed by atoms with E-state index in [1.807, 2.05) is 0 Å². The Bertz CT molecular complexity index is 1370. The van der Waals surface area contributed by atoms with Crippen LogP contribution in [0.15, 0.2) is 36.4 Å². The first-order valence-corrected chi connectivity index (χ1v) is 19.5. The molecule has 294 valence electrons. The maximum Gasteiger partial charge on any atom is 0.337 e. The van der Waals surface area contributed by atoms with Crippen LogP contribution in [-0.4, -0.2) is 71.2 Å². The van der Waals surface area contributed by atoms with E-state index in [9.17, 15) is 34.2 Å². The summed E-state index contributed by atoms with van der Waals surface area (Å²) in [6, 6.07) is 5.52. The number of esters is 1. The molecule has 0 aliphatic heterocycles. The van der Waals surface area contributed by atoms with E-state index in [2.05, 4.69) is 29.4 Å². The molecule has 0 aromatic heterocycles. The number of unbranched alkanes of at least 4 members (excludes halogenated alkanes) is 8. The molecule has 2 amide bonds. The van der Waals surface area contributed by atoms with Gasteiger partial charge in [-0.1, -0.05) is 94.9 Å². The van der Waals surface area contributed by atoms with Crippen molar-refractivity contribution in [2.45, 2.75) is 154 Å². The van der Waals surface area contributed by atoms with Crippen LogP contribution in [-0.2, 0) is 35.1 Å². The lowest BCUT2D eigenvalue weighted by molar-refractivity contribution is -0.169. The minimum Gasteiger partial charge on any atom is -0.481 e. The Kier molecular flexibility index (Phi) is 21.9. The van der Waals surface area contributed by atoms with Crippen molar-refractivity contribution in [2.75, 3.05) is 13.7 Å². The van der Waals surface area contributed by atoms with Crippen LogP contribution in [0.4, 0.5) is 0 Å². The fraction of sp³-hybridized carbons (Fsp3) is 0.643. The number of aliphatic hydroxyl groups is 1. The first-order valence-electron chi connectivity index (χ1n) is 19.5. The van der Waals surface area contributed by atoms with Gasteiger partial charge in [-0.05, 0) is 63.1 Å². The molecule has 11 heteroatoms. The molecule has 3 atom stereocenters. The Labute approximate surface area is 316 Å². The number of benzene rings is 1. The summed E-state index contributed by atoms with van der Waals surface area (Å²) < 4.78 is 10.5. The summed E-state index contributed by atoms with van der Waals surface area (Å²) in [6.07, 6.45) is 17.1. The van der Waals surface area contributed by atoms with Gasteiger partial charge in [0.15, 0.2) is 5.60 Å². The monoisotopic (exact) mass is 738 g/mol. The molecular formula is C42H62N2O9. The number of aliphatic carboxylic acids is 1. The Hall–Kier alpha value is -4.17. The molecule has 0 spiro atoms. The first kappa shape index (κ1) is 45.0. The van der Waals surface area contributed by atoms with Crippen LogP contribution in [0.2, 0.25) is 0 Å². The van der Waals surface area contributed by atoms with Crippen molar-refractivity contribution < 1.29 is 43.7 Å². The predicted octanol–water partition coefficient (Wildman–Crippen LogP) is 6.39. The highest BCUT2D eigenvalue weighted by Crippen LogP contribution is 2.27. The van der Waals surface area contributed by atoms with Gasteiger partial charge < -0.3 is 30.3 Å². The summed E-state index contributed by atoms with van der Waals surface area (Å²) in [4.78, 5) is 64.7. The number of carboxylic acid groups (broad SMARTS) is 1. The van der Waals surface area contributed by atoms with Gasteiger partial charge in [0.25, 0.3) is 0 Å². The summed E-state index contributed by atoms with van der Waals surface area (Å²) in [7, 11) is 1.18. The van der Waals surface area contributed by atoms with E-state index in [0.29, 0.717) is 36.4 Å². The van der Waals surface area contributed by atoms with Crippen molar-refractivity contribution in [1.82, 2.24) is 10.6 Å². The Morgan fingerprint density at radius 1 is 0.943 bits per heavy atom. The SMILES string of the molecule is CC#CCOc1ccc(C[C@H](NC(=O)[C@@H](C=CCCCCCCC(=O)CCCCCCC)[C@@](O)(CC(=O)NC2CCCCC2)C(=O)O)C(=O)OC)cc1. The highest BCUT2D eigenvalue weighted by atomic mass is 16.5. The van der Waals surface area contributed by atoms with Crippen LogP contribution in [0.25, 0.3) is 0 Å². The molecule has 1 aliphatic rings. The van der Waals surface area contributed by atoms with Crippen molar-refractivity contribution in [3.05, 3.63) is 42.0 Å². The topological polar surface area (TPSA) is 168 Å². The van der Waals surface area contributed by atoms with Gasteiger partial charge in [-0.3, -0.25) is 14.4 Å². The van der Waals surface area contributed by atoms with Gasteiger partial charge in [-0.15, -0.1) is 5.92 Å². The second-order valence-corrected chi connectivity index (χ2v) is 14.0. The van der Waals surface area contributed by atoms with Crippen molar-refractivity contribution in [1.29, 1.82) is 0 Å². The summed E-state index contributed by atoms with van der Waals surface area (Å²) >= 11 is 0. The molecule has 0 unspecified atom stereocenters. The highest BCUT2D eigenvalue weighted by molar-refractivity contribution is 5.95. The molecule has 1 aromatic carbocycles. The number of carbonyl (C=O) groups is 5. The quantitative estimate of drug-likeness (QED) is 0.0365. The number of Topliss-reactive ketones (excluding diaryl/α,β-unsaturated/α-hetero) is 1. The molecule has 53 heavy (non-hydrogen) atoms. The Balaban J connectivity index is 2.14. The van der Waals surface area contributed by atoms with Gasteiger partial charge in [0.2, 0.25) is 11.8 Å². The highest BCUT2D eigenvalue weighted by Gasteiger charge is 2.49. The van der Waals surface area contributed by atoms with Crippen LogP contribution in [0.5, 0.6) is 5.75 Å². The zero-order valence-corrected chi connectivity index (χ0v) is 32.1. The number of methoxy groups -OCH3 is 1. The maximum atomic E-state index is 13.9. The van der Waals surface area contributed by atoms with Gasteiger partial charge in [0, 0.05) is 25.3 Å². The Morgan fingerprint density at radius 3 is 2.19 bits per heavy atom. The molecule has 1 aliphatic carbocycles. The van der Waals surface area contributed by atoms with Crippen LogP contribution in [0, 0.1) is 17.8 Å². The molecule has 1 saturated carbocycles. The Morgan fingerprint density at radius 2 is 1.58 bits per heavy atom. The molecule has 1 fully saturated rings. The number of rotatable bonds is 26. The molecule has 11 nitrogen and oxygen atoms in total. The smallest absolute Gasteiger partial charge is 0.337 e. The fourth-order valence-corrected chi connectivity index (χ4v) is 6.52. The number of hydrogen-bond donors (Lipinski definition) is 4. The summed E-state index contributed by atoms with van der Waals surface area (Å²) in [5.74, 6) is 0.635. The molecule has 1 aromatic rings. The molecule has 0 radical (unpaired) electrons.